The highest BCUT2D eigenvalue weighted by Gasteiger charge is 2.30. The van der Waals surface area contributed by atoms with Gasteiger partial charge in [0.1, 0.15) is 18.1 Å². The van der Waals surface area contributed by atoms with Crippen molar-refractivity contribution in [2.24, 2.45) is 5.92 Å². The number of hydrogen-bond donors (Lipinski definition) is 1. The van der Waals surface area contributed by atoms with Gasteiger partial charge in [-0.05, 0) is 59.7 Å². The summed E-state index contributed by atoms with van der Waals surface area (Å²) in [5, 5.41) is 13.7. The summed E-state index contributed by atoms with van der Waals surface area (Å²) in [6, 6.07) is 11.4. The van der Waals surface area contributed by atoms with Crippen LogP contribution in [-0.4, -0.2) is 81.0 Å². The van der Waals surface area contributed by atoms with E-state index in [1.807, 2.05) is 43.3 Å². The molecule has 0 amide bonds. The fourth-order valence-electron chi connectivity index (χ4n) is 5.20. The Morgan fingerprint density at radius 1 is 1.18 bits per heavy atom. The van der Waals surface area contributed by atoms with Gasteiger partial charge in [-0.2, -0.15) is 0 Å². The van der Waals surface area contributed by atoms with Crippen LogP contribution in [0.3, 0.4) is 0 Å². The number of ether oxygens (including phenoxy) is 2. The zero-order valence-corrected chi connectivity index (χ0v) is 22.9. The number of rotatable bonds is 12. The first-order valence-corrected chi connectivity index (χ1v) is 13.6. The molecule has 4 heterocycles. The molecular formula is C28H37N7O4. The van der Waals surface area contributed by atoms with E-state index in [0.29, 0.717) is 25.3 Å². The van der Waals surface area contributed by atoms with E-state index in [0.717, 1.165) is 67.6 Å². The molecule has 4 aromatic rings. The molecule has 1 aromatic carbocycles. The average Bonchev–Trinajstić information content (AvgIpc) is 3.61. The zero-order chi connectivity index (χ0) is 27.2. The van der Waals surface area contributed by atoms with Crippen molar-refractivity contribution in [2.75, 3.05) is 46.0 Å². The molecule has 1 fully saturated rings. The molecule has 0 saturated carbocycles. The Balaban J connectivity index is 1.48. The van der Waals surface area contributed by atoms with Crippen molar-refractivity contribution in [1.82, 2.24) is 35.0 Å². The van der Waals surface area contributed by atoms with Crippen molar-refractivity contribution < 1.29 is 13.9 Å². The molecule has 0 spiro atoms. The number of aromatic amines is 1. The highest BCUT2D eigenvalue weighted by Crippen LogP contribution is 2.29. The van der Waals surface area contributed by atoms with Crippen LogP contribution < -0.4 is 10.3 Å². The lowest BCUT2D eigenvalue weighted by atomic mass is 10.00. The Hall–Kier alpha value is -3.54. The highest BCUT2D eigenvalue weighted by atomic mass is 16.5. The number of aromatic nitrogens is 5. The lowest BCUT2D eigenvalue weighted by Gasteiger charge is -2.36. The Morgan fingerprint density at radius 2 is 2.03 bits per heavy atom. The monoisotopic (exact) mass is 535 g/mol. The maximum Gasteiger partial charge on any atom is 0.252 e. The molecule has 39 heavy (non-hydrogen) atoms. The lowest BCUT2D eigenvalue weighted by Crippen LogP contribution is -2.44. The summed E-state index contributed by atoms with van der Waals surface area (Å²) in [7, 11) is 0. The van der Waals surface area contributed by atoms with Crippen LogP contribution in [0.5, 0.6) is 5.75 Å². The van der Waals surface area contributed by atoms with Gasteiger partial charge in [-0.1, -0.05) is 13.8 Å². The van der Waals surface area contributed by atoms with Crippen LogP contribution in [0.4, 0.5) is 0 Å². The molecule has 5 rings (SSSR count). The third kappa shape index (κ3) is 6.55. The summed E-state index contributed by atoms with van der Waals surface area (Å²) in [5.41, 5.74) is 1.38. The molecule has 1 aliphatic rings. The fourth-order valence-corrected chi connectivity index (χ4v) is 5.20. The SMILES string of the molecule is CCOc1ccc2[nH]c(=O)c(CN(CCN3CCOCC3)[C@H](c3nnnn3Cc3ccco3)C(C)C)cc2c1. The zero-order valence-electron chi connectivity index (χ0n) is 22.9. The largest absolute Gasteiger partial charge is 0.494 e. The van der Waals surface area contributed by atoms with Gasteiger partial charge in [-0.3, -0.25) is 14.6 Å². The van der Waals surface area contributed by atoms with Gasteiger partial charge < -0.3 is 18.9 Å². The van der Waals surface area contributed by atoms with Crippen molar-refractivity contribution in [1.29, 1.82) is 0 Å². The molecule has 3 aromatic heterocycles. The van der Waals surface area contributed by atoms with Crippen LogP contribution >= 0.6 is 0 Å². The minimum absolute atomic E-state index is 0.0966. The Kier molecular flexibility index (Phi) is 8.70. The molecule has 0 bridgehead atoms. The number of H-pyrrole nitrogens is 1. The molecule has 1 N–H and O–H groups in total. The Bertz CT molecular complexity index is 1390. The van der Waals surface area contributed by atoms with Gasteiger partial charge in [-0.25, -0.2) is 4.68 Å². The van der Waals surface area contributed by atoms with E-state index in [2.05, 4.69) is 44.2 Å². The molecule has 11 nitrogen and oxygen atoms in total. The molecular weight excluding hydrogens is 498 g/mol. The quantitative estimate of drug-likeness (QED) is 0.292. The summed E-state index contributed by atoms with van der Waals surface area (Å²) >= 11 is 0. The highest BCUT2D eigenvalue weighted by molar-refractivity contribution is 5.80. The summed E-state index contributed by atoms with van der Waals surface area (Å²) in [6.07, 6.45) is 1.65. The van der Waals surface area contributed by atoms with E-state index >= 15 is 0 Å². The topological polar surface area (TPSA) is 115 Å². The number of nitrogens with zero attached hydrogens (tertiary/aromatic N) is 6. The molecule has 1 aliphatic heterocycles. The summed E-state index contributed by atoms with van der Waals surface area (Å²) in [5.74, 6) is 2.49. The van der Waals surface area contributed by atoms with Crippen LogP contribution in [0, 0.1) is 5.92 Å². The van der Waals surface area contributed by atoms with Crippen LogP contribution in [0.25, 0.3) is 10.9 Å². The Morgan fingerprint density at radius 3 is 2.77 bits per heavy atom. The Labute approximate surface area is 227 Å². The third-order valence-electron chi connectivity index (χ3n) is 7.12. The summed E-state index contributed by atoms with van der Waals surface area (Å²) in [4.78, 5) is 21.0. The van der Waals surface area contributed by atoms with Gasteiger partial charge in [0.25, 0.3) is 5.56 Å². The van der Waals surface area contributed by atoms with E-state index < -0.39 is 0 Å². The van der Waals surface area contributed by atoms with Crippen molar-refractivity contribution >= 4 is 10.9 Å². The first-order valence-electron chi connectivity index (χ1n) is 13.6. The van der Waals surface area contributed by atoms with Gasteiger partial charge in [0.2, 0.25) is 0 Å². The van der Waals surface area contributed by atoms with Gasteiger partial charge in [0.15, 0.2) is 5.82 Å². The minimum Gasteiger partial charge on any atom is -0.494 e. The second-order valence-electron chi connectivity index (χ2n) is 10.2. The number of furan rings is 1. The maximum absolute atomic E-state index is 13.2. The summed E-state index contributed by atoms with van der Waals surface area (Å²) in [6.45, 7) is 12.6. The molecule has 1 atom stereocenters. The molecule has 0 radical (unpaired) electrons. The van der Waals surface area contributed by atoms with E-state index in [1.54, 1.807) is 10.9 Å². The number of morpholine rings is 1. The average molecular weight is 536 g/mol. The first kappa shape index (κ1) is 27.0. The van der Waals surface area contributed by atoms with Crippen molar-refractivity contribution in [2.45, 2.75) is 39.9 Å². The van der Waals surface area contributed by atoms with E-state index in [1.165, 1.54) is 0 Å². The van der Waals surface area contributed by atoms with Crippen LogP contribution in [0.15, 0.2) is 51.9 Å². The second-order valence-corrected chi connectivity index (χ2v) is 10.2. The molecule has 1 saturated heterocycles. The van der Waals surface area contributed by atoms with Crippen molar-refractivity contribution in [3.63, 3.8) is 0 Å². The number of benzene rings is 1. The number of tetrazole rings is 1. The number of pyridine rings is 1. The molecule has 0 unspecified atom stereocenters. The maximum atomic E-state index is 13.2. The van der Waals surface area contributed by atoms with Gasteiger partial charge in [0.05, 0.1) is 32.1 Å². The van der Waals surface area contributed by atoms with E-state index in [-0.39, 0.29) is 17.5 Å². The smallest absolute Gasteiger partial charge is 0.252 e. The van der Waals surface area contributed by atoms with Crippen LogP contribution in [-0.2, 0) is 17.8 Å². The van der Waals surface area contributed by atoms with E-state index in [9.17, 15) is 4.79 Å². The van der Waals surface area contributed by atoms with Gasteiger partial charge >= 0.3 is 0 Å². The van der Waals surface area contributed by atoms with E-state index in [4.69, 9.17) is 13.9 Å². The normalized spacial score (nSPS) is 15.4. The minimum atomic E-state index is -0.124. The second kappa shape index (κ2) is 12.5. The number of fused-ring (bicyclic) bond motifs is 1. The number of nitrogens with one attached hydrogen (secondary N) is 1. The summed E-state index contributed by atoms with van der Waals surface area (Å²) < 4.78 is 18.6. The lowest BCUT2D eigenvalue weighted by molar-refractivity contribution is 0.0268. The predicted molar refractivity (Wildman–Crippen MR) is 147 cm³/mol. The number of hydrogen-bond acceptors (Lipinski definition) is 9. The predicted octanol–water partition coefficient (Wildman–Crippen LogP) is 3.09. The first-order chi connectivity index (χ1) is 19.0. The van der Waals surface area contributed by atoms with Crippen LogP contribution in [0.2, 0.25) is 0 Å². The van der Waals surface area contributed by atoms with Crippen LogP contribution in [0.1, 0.15) is 44.0 Å². The third-order valence-corrected chi connectivity index (χ3v) is 7.12. The fraction of sp³-hybridized carbons (Fsp3) is 0.500. The molecule has 11 heteroatoms. The standard InChI is InChI=1S/C28H37N7O4/c1-4-38-23-7-8-25-21(17-23)16-22(28(36)29-25)18-34(10-9-33-11-14-37-15-12-33)26(20(2)3)27-30-31-32-35(27)19-24-6-5-13-39-24/h5-8,13,16-17,20,26H,4,9-12,14-15,18-19H2,1-3H3,(H,29,36)/t26-/m0/s1. The molecule has 0 aliphatic carbocycles. The van der Waals surface area contributed by atoms with Crippen molar-refractivity contribution in [3.05, 3.63) is 70.2 Å². The van der Waals surface area contributed by atoms with Gasteiger partial charge in [-0.15, -0.1) is 5.10 Å². The molecule has 208 valence electrons. The van der Waals surface area contributed by atoms with Gasteiger partial charge in [0, 0.05) is 49.2 Å². The van der Waals surface area contributed by atoms with Crippen molar-refractivity contribution in [3.8, 4) is 5.75 Å².